The molecule has 0 aliphatic rings. The smallest absolute Gasteiger partial charge is 0.0228 e. The number of hydrogen-bond donors (Lipinski definition) is 2. The molecule has 0 heterocycles. The van der Waals surface area contributed by atoms with Gasteiger partial charge in [-0.05, 0) is 43.5 Å². The standard InChI is InChI=1S/C10H16N2S/c1-8(2)12-13-10-5-3-9(7-11)4-6-10/h3-6,8,12H,7,11H2,1-2H3. The average Bonchev–Trinajstić information content (AvgIpc) is 2.15. The van der Waals surface area contributed by atoms with Crippen molar-refractivity contribution in [2.24, 2.45) is 5.73 Å². The van der Waals surface area contributed by atoms with Gasteiger partial charge in [-0.25, -0.2) is 0 Å². The van der Waals surface area contributed by atoms with Gasteiger partial charge in [-0.2, -0.15) is 0 Å². The third-order valence-corrected chi connectivity index (χ3v) is 2.67. The van der Waals surface area contributed by atoms with Crippen LogP contribution in [0.2, 0.25) is 0 Å². The molecule has 0 saturated carbocycles. The Hall–Kier alpha value is -0.510. The molecule has 13 heavy (non-hydrogen) atoms. The third-order valence-electron chi connectivity index (χ3n) is 1.57. The van der Waals surface area contributed by atoms with Gasteiger partial charge in [-0.1, -0.05) is 12.1 Å². The van der Waals surface area contributed by atoms with Crippen LogP contribution in [0.4, 0.5) is 0 Å². The molecule has 0 saturated heterocycles. The van der Waals surface area contributed by atoms with Crippen LogP contribution in [0.15, 0.2) is 29.2 Å². The van der Waals surface area contributed by atoms with Crippen LogP contribution in [0.25, 0.3) is 0 Å². The van der Waals surface area contributed by atoms with Gasteiger partial charge in [0.2, 0.25) is 0 Å². The van der Waals surface area contributed by atoms with E-state index in [-0.39, 0.29) is 0 Å². The van der Waals surface area contributed by atoms with Crippen LogP contribution in [0, 0.1) is 0 Å². The first-order valence-corrected chi connectivity index (χ1v) is 5.25. The van der Waals surface area contributed by atoms with E-state index in [9.17, 15) is 0 Å². The average molecular weight is 196 g/mol. The molecule has 0 radical (unpaired) electrons. The minimum atomic E-state index is 0.499. The molecule has 0 amide bonds. The van der Waals surface area contributed by atoms with Gasteiger partial charge in [0.25, 0.3) is 0 Å². The maximum absolute atomic E-state index is 5.50. The summed E-state index contributed by atoms with van der Waals surface area (Å²) in [6, 6.07) is 8.79. The Labute approximate surface area is 84.0 Å². The second kappa shape index (κ2) is 5.27. The van der Waals surface area contributed by atoms with E-state index >= 15 is 0 Å². The van der Waals surface area contributed by atoms with Gasteiger partial charge in [0.1, 0.15) is 0 Å². The van der Waals surface area contributed by atoms with Crippen molar-refractivity contribution in [1.82, 2.24) is 4.72 Å². The van der Waals surface area contributed by atoms with Gasteiger partial charge in [0.15, 0.2) is 0 Å². The van der Waals surface area contributed by atoms with E-state index in [2.05, 4.69) is 42.8 Å². The predicted molar refractivity (Wildman–Crippen MR) is 58.5 cm³/mol. The Morgan fingerprint density at radius 3 is 2.38 bits per heavy atom. The first kappa shape index (κ1) is 10.6. The van der Waals surface area contributed by atoms with Gasteiger partial charge in [-0.3, -0.25) is 4.72 Å². The number of nitrogens with two attached hydrogens (primary N) is 1. The first-order valence-electron chi connectivity index (χ1n) is 4.43. The van der Waals surface area contributed by atoms with E-state index in [0.29, 0.717) is 12.6 Å². The van der Waals surface area contributed by atoms with Crippen molar-refractivity contribution in [3.63, 3.8) is 0 Å². The van der Waals surface area contributed by atoms with Crippen molar-refractivity contribution in [1.29, 1.82) is 0 Å². The Bertz CT molecular complexity index is 244. The SMILES string of the molecule is CC(C)NSc1ccc(CN)cc1. The minimum Gasteiger partial charge on any atom is -0.326 e. The molecular weight excluding hydrogens is 180 g/mol. The summed E-state index contributed by atoms with van der Waals surface area (Å²) >= 11 is 1.66. The summed E-state index contributed by atoms with van der Waals surface area (Å²) in [5.41, 5.74) is 6.67. The monoisotopic (exact) mass is 196 g/mol. The summed E-state index contributed by atoms with van der Waals surface area (Å²) in [5, 5.41) is 0. The lowest BCUT2D eigenvalue weighted by Gasteiger charge is -2.06. The molecule has 1 rings (SSSR count). The lowest BCUT2D eigenvalue weighted by atomic mass is 10.2. The van der Waals surface area contributed by atoms with E-state index in [1.807, 2.05) is 0 Å². The van der Waals surface area contributed by atoms with Crippen molar-refractivity contribution in [3.05, 3.63) is 29.8 Å². The first-order chi connectivity index (χ1) is 6.22. The molecule has 1 aromatic carbocycles. The van der Waals surface area contributed by atoms with Crippen molar-refractivity contribution in [2.75, 3.05) is 0 Å². The molecule has 0 aromatic heterocycles. The van der Waals surface area contributed by atoms with Crippen LogP contribution >= 0.6 is 11.9 Å². The van der Waals surface area contributed by atoms with Crippen molar-refractivity contribution in [3.8, 4) is 0 Å². The number of hydrogen-bond acceptors (Lipinski definition) is 3. The van der Waals surface area contributed by atoms with Crippen molar-refractivity contribution in [2.45, 2.75) is 31.3 Å². The predicted octanol–water partition coefficient (Wildman–Crippen LogP) is 2.15. The lowest BCUT2D eigenvalue weighted by molar-refractivity contribution is 0.771. The maximum Gasteiger partial charge on any atom is 0.0228 e. The third kappa shape index (κ3) is 3.81. The van der Waals surface area contributed by atoms with Gasteiger partial charge >= 0.3 is 0 Å². The highest BCUT2D eigenvalue weighted by Crippen LogP contribution is 2.15. The topological polar surface area (TPSA) is 38.0 Å². The summed E-state index contributed by atoms with van der Waals surface area (Å²) < 4.78 is 3.28. The summed E-state index contributed by atoms with van der Waals surface area (Å²) in [6.45, 7) is 4.87. The fraction of sp³-hybridized carbons (Fsp3) is 0.400. The zero-order valence-electron chi connectivity index (χ0n) is 8.08. The Kier molecular flexibility index (Phi) is 4.28. The molecule has 0 fully saturated rings. The molecule has 0 unspecified atom stereocenters. The van der Waals surface area contributed by atoms with Crippen LogP contribution in [-0.2, 0) is 6.54 Å². The van der Waals surface area contributed by atoms with Gasteiger partial charge in [0, 0.05) is 17.5 Å². The molecule has 72 valence electrons. The summed E-state index contributed by atoms with van der Waals surface area (Å²) in [6.07, 6.45) is 0. The normalized spacial score (nSPS) is 10.8. The Morgan fingerprint density at radius 2 is 1.92 bits per heavy atom. The quantitative estimate of drug-likeness (QED) is 0.725. The van der Waals surface area contributed by atoms with Crippen molar-refractivity contribution < 1.29 is 0 Å². The highest BCUT2D eigenvalue weighted by atomic mass is 32.2. The fourth-order valence-electron chi connectivity index (χ4n) is 0.879. The van der Waals surface area contributed by atoms with E-state index in [1.54, 1.807) is 11.9 Å². The molecule has 3 heteroatoms. The highest BCUT2D eigenvalue weighted by molar-refractivity contribution is 7.97. The lowest BCUT2D eigenvalue weighted by Crippen LogP contribution is -2.13. The van der Waals surface area contributed by atoms with E-state index < -0.39 is 0 Å². The molecule has 3 N–H and O–H groups in total. The molecule has 0 atom stereocenters. The largest absolute Gasteiger partial charge is 0.326 e. The maximum atomic E-state index is 5.50. The summed E-state index contributed by atoms with van der Waals surface area (Å²) in [7, 11) is 0. The van der Waals surface area contributed by atoms with Crippen LogP contribution < -0.4 is 10.5 Å². The van der Waals surface area contributed by atoms with E-state index in [0.717, 1.165) is 0 Å². The molecular formula is C10H16N2S. The second-order valence-electron chi connectivity index (χ2n) is 3.22. The number of benzene rings is 1. The summed E-state index contributed by atoms with van der Waals surface area (Å²) in [5.74, 6) is 0. The van der Waals surface area contributed by atoms with Crippen LogP contribution in [0.5, 0.6) is 0 Å². The molecule has 0 spiro atoms. The van der Waals surface area contributed by atoms with Gasteiger partial charge < -0.3 is 5.73 Å². The molecule has 0 aliphatic heterocycles. The number of nitrogens with one attached hydrogen (secondary N) is 1. The molecule has 2 nitrogen and oxygen atoms in total. The molecule has 0 bridgehead atoms. The molecule has 1 aromatic rings. The second-order valence-corrected chi connectivity index (χ2v) is 4.13. The van der Waals surface area contributed by atoms with Crippen LogP contribution in [-0.4, -0.2) is 6.04 Å². The van der Waals surface area contributed by atoms with Crippen LogP contribution in [0.3, 0.4) is 0 Å². The van der Waals surface area contributed by atoms with Crippen LogP contribution in [0.1, 0.15) is 19.4 Å². The zero-order chi connectivity index (χ0) is 9.68. The van der Waals surface area contributed by atoms with Gasteiger partial charge in [-0.15, -0.1) is 0 Å². The fourth-order valence-corrected chi connectivity index (χ4v) is 1.52. The number of rotatable bonds is 4. The highest BCUT2D eigenvalue weighted by Gasteiger charge is 1.95. The minimum absolute atomic E-state index is 0.499. The van der Waals surface area contributed by atoms with E-state index in [1.165, 1.54) is 10.5 Å². The summed E-state index contributed by atoms with van der Waals surface area (Å²) in [4.78, 5) is 1.23. The van der Waals surface area contributed by atoms with Crippen molar-refractivity contribution >= 4 is 11.9 Å². The Balaban J connectivity index is 2.49. The zero-order valence-corrected chi connectivity index (χ0v) is 8.90. The van der Waals surface area contributed by atoms with Gasteiger partial charge in [0.05, 0.1) is 0 Å². The molecule has 0 aliphatic carbocycles. The van der Waals surface area contributed by atoms with E-state index in [4.69, 9.17) is 5.73 Å². The Morgan fingerprint density at radius 1 is 1.31 bits per heavy atom.